The molecule has 3 aromatic carbocycles. The lowest BCUT2D eigenvalue weighted by molar-refractivity contribution is 0.135. The van der Waals surface area contributed by atoms with Crippen molar-refractivity contribution in [1.29, 1.82) is 0 Å². The van der Waals surface area contributed by atoms with Gasteiger partial charge in [0.15, 0.2) is 11.5 Å². The molecular weight excluding hydrogens is 537 g/mol. The summed E-state index contributed by atoms with van der Waals surface area (Å²) in [6.45, 7) is 2.84. The molecule has 0 saturated heterocycles. The second-order valence-corrected chi connectivity index (χ2v) is 8.84. The molecule has 0 radical (unpaired) electrons. The van der Waals surface area contributed by atoms with Crippen molar-refractivity contribution in [2.75, 3.05) is 7.11 Å². The average Bonchev–Trinajstić information content (AvgIpc) is 2.78. The fraction of sp³-hybridized carbons (Fsp3) is 0.250. The lowest BCUT2D eigenvalue weighted by atomic mass is 10.0. The van der Waals surface area contributed by atoms with Gasteiger partial charge in [-0.05, 0) is 63.8 Å². The Morgan fingerprint density at radius 2 is 1.72 bits per heavy atom. The highest BCUT2D eigenvalue weighted by atomic mass is 79.9. The Hall–Kier alpha value is -1.47. The van der Waals surface area contributed by atoms with Crippen LogP contribution < -0.4 is 14.8 Å². The molecule has 32 heavy (non-hydrogen) atoms. The first-order valence-electron chi connectivity index (χ1n) is 9.78. The predicted molar refractivity (Wildman–Crippen MR) is 136 cm³/mol. The summed E-state index contributed by atoms with van der Waals surface area (Å²) >= 11 is 15.6. The standard InChI is InChI=1S/C24H24BrCl2NO3.ClH/c1-15(23(29)18-6-4-3-5-7-18)28-13-17-10-19(25)24(22(12-17)30-2)31-14-16-8-9-20(26)21(27)11-16;/h3-12,15,23,28-29H,13-14H2,1-2H3;1H. The molecule has 0 aromatic heterocycles. The van der Waals surface area contributed by atoms with Crippen molar-refractivity contribution in [3.63, 3.8) is 0 Å². The van der Waals surface area contributed by atoms with E-state index in [1.165, 1.54) is 0 Å². The maximum atomic E-state index is 10.5. The highest BCUT2D eigenvalue weighted by Crippen LogP contribution is 2.37. The Morgan fingerprint density at radius 3 is 2.38 bits per heavy atom. The second-order valence-electron chi connectivity index (χ2n) is 7.17. The number of ether oxygens (including phenoxy) is 2. The molecule has 0 saturated carbocycles. The van der Waals surface area contributed by atoms with Crippen molar-refractivity contribution in [2.24, 2.45) is 0 Å². The number of hydrogen-bond donors (Lipinski definition) is 2. The smallest absolute Gasteiger partial charge is 0.175 e. The van der Waals surface area contributed by atoms with E-state index in [0.29, 0.717) is 34.7 Å². The van der Waals surface area contributed by atoms with E-state index in [0.717, 1.165) is 21.2 Å². The molecule has 2 unspecified atom stereocenters. The van der Waals surface area contributed by atoms with Crippen molar-refractivity contribution in [2.45, 2.75) is 32.2 Å². The van der Waals surface area contributed by atoms with Crippen molar-refractivity contribution >= 4 is 51.5 Å². The number of nitrogens with one attached hydrogen (secondary N) is 1. The molecule has 0 amide bonds. The number of rotatable bonds is 9. The molecule has 2 N–H and O–H groups in total. The van der Waals surface area contributed by atoms with Crippen LogP contribution in [-0.4, -0.2) is 18.3 Å². The molecule has 8 heteroatoms. The van der Waals surface area contributed by atoms with Crippen LogP contribution in [0, 0.1) is 0 Å². The van der Waals surface area contributed by atoms with Crippen molar-refractivity contribution in [3.8, 4) is 11.5 Å². The number of methoxy groups -OCH3 is 1. The topological polar surface area (TPSA) is 50.7 Å². The van der Waals surface area contributed by atoms with Crippen LogP contribution in [0.4, 0.5) is 0 Å². The van der Waals surface area contributed by atoms with E-state index in [1.54, 1.807) is 19.2 Å². The van der Waals surface area contributed by atoms with E-state index in [-0.39, 0.29) is 18.4 Å². The third kappa shape index (κ3) is 7.01. The van der Waals surface area contributed by atoms with Crippen LogP contribution in [0.1, 0.15) is 29.7 Å². The molecule has 3 rings (SSSR count). The van der Waals surface area contributed by atoms with Gasteiger partial charge in [0, 0.05) is 12.6 Å². The Morgan fingerprint density at radius 1 is 1.00 bits per heavy atom. The monoisotopic (exact) mass is 559 g/mol. The third-order valence-corrected chi connectivity index (χ3v) is 6.23. The van der Waals surface area contributed by atoms with Gasteiger partial charge >= 0.3 is 0 Å². The van der Waals surface area contributed by atoms with E-state index < -0.39 is 6.10 Å². The van der Waals surface area contributed by atoms with E-state index >= 15 is 0 Å². The highest BCUT2D eigenvalue weighted by molar-refractivity contribution is 9.10. The normalized spacial score (nSPS) is 12.6. The Kier molecular flexibility index (Phi) is 10.6. The van der Waals surface area contributed by atoms with Crippen molar-refractivity contribution < 1.29 is 14.6 Å². The van der Waals surface area contributed by atoms with Crippen LogP contribution in [0.3, 0.4) is 0 Å². The van der Waals surface area contributed by atoms with Crippen LogP contribution in [0.15, 0.2) is 65.1 Å². The molecule has 3 aromatic rings. The summed E-state index contributed by atoms with van der Waals surface area (Å²) in [4.78, 5) is 0. The molecule has 0 aliphatic rings. The number of hydrogen-bond acceptors (Lipinski definition) is 4. The summed E-state index contributed by atoms with van der Waals surface area (Å²) in [5.74, 6) is 1.22. The summed E-state index contributed by atoms with van der Waals surface area (Å²) in [6.07, 6.45) is -0.597. The molecule has 172 valence electrons. The zero-order chi connectivity index (χ0) is 22.4. The van der Waals surface area contributed by atoms with Crippen LogP contribution >= 0.6 is 51.5 Å². The first kappa shape index (κ1) is 26.8. The minimum Gasteiger partial charge on any atom is -0.493 e. The van der Waals surface area contributed by atoms with Gasteiger partial charge in [0.2, 0.25) is 0 Å². The van der Waals surface area contributed by atoms with E-state index in [4.69, 9.17) is 32.7 Å². The molecule has 0 heterocycles. The van der Waals surface area contributed by atoms with E-state index in [2.05, 4.69) is 21.2 Å². The Labute approximate surface area is 213 Å². The zero-order valence-electron chi connectivity index (χ0n) is 17.6. The molecular formula is C24H25BrCl3NO3. The average molecular weight is 562 g/mol. The van der Waals surface area contributed by atoms with Crippen LogP contribution in [-0.2, 0) is 13.2 Å². The number of benzene rings is 3. The molecule has 0 spiro atoms. The molecule has 4 nitrogen and oxygen atoms in total. The van der Waals surface area contributed by atoms with Gasteiger partial charge in [-0.1, -0.05) is 59.6 Å². The summed E-state index contributed by atoms with van der Waals surface area (Å²) in [5.41, 5.74) is 2.78. The van der Waals surface area contributed by atoms with Gasteiger partial charge in [-0.2, -0.15) is 0 Å². The first-order valence-corrected chi connectivity index (χ1v) is 11.3. The molecule has 0 fully saturated rings. The van der Waals surface area contributed by atoms with Crippen LogP contribution in [0.25, 0.3) is 0 Å². The fourth-order valence-electron chi connectivity index (χ4n) is 3.13. The Bertz CT molecular complexity index is 1020. The summed E-state index contributed by atoms with van der Waals surface area (Å²) in [5, 5.41) is 14.9. The first-order chi connectivity index (χ1) is 14.9. The SMILES string of the molecule is COc1cc(CNC(C)C(O)c2ccccc2)cc(Br)c1OCc1ccc(Cl)c(Cl)c1.Cl. The van der Waals surface area contributed by atoms with Crippen LogP contribution in [0.2, 0.25) is 10.0 Å². The molecule has 0 aliphatic carbocycles. The highest BCUT2D eigenvalue weighted by Gasteiger charge is 2.17. The fourth-order valence-corrected chi connectivity index (χ4v) is 4.05. The number of aliphatic hydroxyl groups excluding tert-OH is 1. The van der Waals surface area contributed by atoms with E-state index in [1.807, 2.05) is 55.5 Å². The maximum Gasteiger partial charge on any atom is 0.175 e. The molecule has 0 bridgehead atoms. The quantitative estimate of drug-likeness (QED) is 0.296. The van der Waals surface area contributed by atoms with E-state index in [9.17, 15) is 5.11 Å². The second kappa shape index (κ2) is 12.7. The van der Waals surface area contributed by atoms with Gasteiger partial charge in [-0.3, -0.25) is 0 Å². The number of halogens is 4. The summed E-state index contributed by atoms with van der Waals surface area (Å²) in [7, 11) is 1.60. The van der Waals surface area contributed by atoms with Gasteiger partial charge in [-0.15, -0.1) is 12.4 Å². The van der Waals surface area contributed by atoms with Gasteiger partial charge in [0.25, 0.3) is 0 Å². The predicted octanol–water partition coefficient (Wildman–Crippen LogP) is 6.98. The van der Waals surface area contributed by atoms with Crippen molar-refractivity contribution in [3.05, 3.63) is 91.9 Å². The Balaban J connectivity index is 0.00000363. The van der Waals surface area contributed by atoms with Crippen molar-refractivity contribution in [1.82, 2.24) is 5.32 Å². The number of aliphatic hydroxyl groups is 1. The molecule has 0 aliphatic heterocycles. The van der Waals surface area contributed by atoms with Gasteiger partial charge in [0.1, 0.15) is 6.61 Å². The summed E-state index contributed by atoms with van der Waals surface area (Å²) < 4.78 is 12.3. The zero-order valence-corrected chi connectivity index (χ0v) is 21.6. The lowest BCUT2D eigenvalue weighted by Crippen LogP contribution is -2.31. The minimum absolute atomic E-state index is 0. The van der Waals surface area contributed by atoms with Gasteiger partial charge in [-0.25, -0.2) is 0 Å². The third-order valence-electron chi connectivity index (χ3n) is 4.90. The maximum absolute atomic E-state index is 10.5. The van der Waals surface area contributed by atoms with Gasteiger partial charge in [0.05, 0.1) is 27.7 Å². The largest absolute Gasteiger partial charge is 0.493 e. The lowest BCUT2D eigenvalue weighted by Gasteiger charge is -2.21. The summed E-state index contributed by atoms with van der Waals surface area (Å²) in [6, 6.07) is 18.8. The molecule has 2 atom stereocenters. The minimum atomic E-state index is -0.597. The van der Waals surface area contributed by atoms with Gasteiger partial charge < -0.3 is 19.9 Å². The van der Waals surface area contributed by atoms with Crippen LogP contribution in [0.5, 0.6) is 11.5 Å².